The van der Waals surface area contributed by atoms with Crippen LogP contribution >= 0.6 is 0 Å². The molecule has 0 aromatic heterocycles. The Morgan fingerprint density at radius 3 is 1.73 bits per heavy atom. The molecule has 0 N–H and O–H groups in total. The van der Waals surface area contributed by atoms with E-state index in [0.29, 0.717) is 5.92 Å². The van der Waals surface area contributed by atoms with Crippen molar-refractivity contribution >= 4 is 6.41 Å². The van der Waals surface area contributed by atoms with Crippen LogP contribution in [0.2, 0.25) is 0 Å². The maximum absolute atomic E-state index is 11.4. The molecular formula is C19H39N2O. The lowest BCUT2D eigenvalue weighted by Crippen LogP contribution is -2.43. The van der Waals surface area contributed by atoms with E-state index in [2.05, 4.69) is 39.1 Å². The van der Waals surface area contributed by atoms with Crippen molar-refractivity contribution in [3.8, 4) is 0 Å². The third-order valence-corrected chi connectivity index (χ3v) is 4.14. The zero-order valence-corrected chi connectivity index (χ0v) is 15.6. The Labute approximate surface area is 139 Å². The van der Waals surface area contributed by atoms with E-state index in [9.17, 15) is 4.79 Å². The van der Waals surface area contributed by atoms with Gasteiger partial charge in [0.25, 0.3) is 0 Å². The van der Waals surface area contributed by atoms with E-state index in [1.165, 1.54) is 57.8 Å². The van der Waals surface area contributed by atoms with E-state index in [-0.39, 0.29) is 0 Å². The predicted molar refractivity (Wildman–Crippen MR) is 96.3 cm³/mol. The van der Waals surface area contributed by atoms with E-state index in [1.807, 2.05) is 5.01 Å². The molecule has 0 saturated heterocycles. The van der Waals surface area contributed by atoms with Crippen molar-refractivity contribution < 1.29 is 4.79 Å². The molecule has 0 heterocycles. The molecule has 1 amide bonds. The lowest BCUT2D eigenvalue weighted by Gasteiger charge is -2.31. The molecule has 0 aliphatic heterocycles. The Bertz CT molecular complexity index is 232. The normalized spacial score (nSPS) is 11.4. The molecule has 3 nitrogen and oxygen atoms in total. The quantitative estimate of drug-likeness (QED) is 0.223. The molecule has 22 heavy (non-hydrogen) atoms. The third kappa shape index (κ3) is 12.0. The van der Waals surface area contributed by atoms with Gasteiger partial charge in [0.15, 0.2) is 0 Å². The lowest BCUT2D eigenvalue weighted by molar-refractivity contribution is 0.0354. The summed E-state index contributed by atoms with van der Waals surface area (Å²) in [6.45, 7) is 11.8. The minimum absolute atomic E-state index is 0.705. The Balaban J connectivity index is 4.25. The monoisotopic (exact) mass is 311 g/mol. The highest BCUT2D eigenvalue weighted by atomic mass is 16.1. The van der Waals surface area contributed by atoms with Crippen LogP contribution in [0, 0.1) is 5.92 Å². The molecule has 0 unspecified atom stereocenters. The van der Waals surface area contributed by atoms with Crippen LogP contribution < -0.4 is 0 Å². The lowest BCUT2D eigenvalue weighted by atomic mass is 10.1. The van der Waals surface area contributed by atoms with Gasteiger partial charge < -0.3 is 0 Å². The molecule has 0 aromatic carbocycles. The highest BCUT2D eigenvalue weighted by Crippen LogP contribution is 2.10. The van der Waals surface area contributed by atoms with Crippen LogP contribution in [0.5, 0.6) is 0 Å². The summed E-state index contributed by atoms with van der Waals surface area (Å²) in [6.07, 6.45) is 14.4. The molecule has 131 valence electrons. The van der Waals surface area contributed by atoms with Gasteiger partial charge in [-0.3, -0.25) is 9.80 Å². The van der Waals surface area contributed by atoms with Gasteiger partial charge in [-0.2, -0.15) is 0 Å². The summed E-state index contributed by atoms with van der Waals surface area (Å²) in [4.78, 5) is 11.4. The number of rotatable bonds is 16. The first kappa shape index (κ1) is 21.4. The highest BCUT2D eigenvalue weighted by molar-refractivity contribution is 5.47. The van der Waals surface area contributed by atoms with Crippen molar-refractivity contribution in [3.63, 3.8) is 0 Å². The summed E-state index contributed by atoms with van der Waals surface area (Å²) in [5.74, 6) is 0.705. The molecule has 1 radical (unpaired) electrons. The van der Waals surface area contributed by atoms with Crippen LogP contribution in [-0.2, 0) is 4.79 Å². The summed E-state index contributed by atoms with van der Waals surface area (Å²) >= 11 is 0. The number of hydrogen-bond acceptors (Lipinski definition) is 2. The first-order chi connectivity index (χ1) is 10.7. The molecule has 0 aliphatic rings. The van der Waals surface area contributed by atoms with E-state index in [4.69, 9.17) is 0 Å². The maximum Gasteiger partial charge on any atom is 0.327 e. The van der Waals surface area contributed by atoms with Gasteiger partial charge >= 0.3 is 6.41 Å². The maximum atomic E-state index is 11.4. The van der Waals surface area contributed by atoms with Gasteiger partial charge in [-0.15, -0.1) is 0 Å². The second-order valence-corrected chi connectivity index (χ2v) is 6.83. The van der Waals surface area contributed by atoms with Gasteiger partial charge in [-0.25, -0.2) is 5.01 Å². The fourth-order valence-electron chi connectivity index (χ4n) is 2.69. The number of nitrogens with zero attached hydrogens (tertiary/aromatic N) is 2. The summed E-state index contributed by atoms with van der Waals surface area (Å²) in [5.41, 5.74) is 0. The van der Waals surface area contributed by atoms with E-state index in [0.717, 1.165) is 26.1 Å². The van der Waals surface area contributed by atoms with E-state index in [1.54, 1.807) is 0 Å². The van der Waals surface area contributed by atoms with Crippen LogP contribution in [0.3, 0.4) is 0 Å². The van der Waals surface area contributed by atoms with Gasteiger partial charge in [0, 0.05) is 19.6 Å². The number of hydrogen-bond donors (Lipinski definition) is 0. The number of hydrazine groups is 1. The molecule has 0 spiro atoms. The van der Waals surface area contributed by atoms with Crippen molar-refractivity contribution in [3.05, 3.63) is 0 Å². The first-order valence-electron chi connectivity index (χ1n) is 9.55. The predicted octanol–water partition coefficient (Wildman–Crippen LogP) is 5.17. The summed E-state index contributed by atoms with van der Waals surface area (Å²) in [5, 5.41) is 4.07. The van der Waals surface area contributed by atoms with Gasteiger partial charge in [0.2, 0.25) is 0 Å². The Morgan fingerprint density at radius 2 is 1.32 bits per heavy atom. The van der Waals surface area contributed by atoms with Crippen LogP contribution in [0.15, 0.2) is 0 Å². The van der Waals surface area contributed by atoms with Crippen molar-refractivity contribution in [1.29, 1.82) is 0 Å². The largest absolute Gasteiger partial charge is 0.327 e. The van der Waals surface area contributed by atoms with Crippen LogP contribution in [-0.4, -0.2) is 36.1 Å². The number of carbonyl (C=O) groups excluding carboxylic acids is 1. The molecular weight excluding hydrogens is 272 g/mol. The van der Waals surface area contributed by atoms with Gasteiger partial charge in [0.1, 0.15) is 0 Å². The number of unbranched alkanes of at least 4 members (excludes halogenated alkanes) is 6. The van der Waals surface area contributed by atoms with Gasteiger partial charge in [-0.1, -0.05) is 66.2 Å². The third-order valence-electron chi connectivity index (χ3n) is 4.14. The standard InChI is InChI=1S/C19H39N2O/c1-5-7-9-11-15-20(16-12-10-8-6-2)21(18-22)17-13-14-19(3)4/h19H,5-17H2,1-4H3. The van der Waals surface area contributed by atoms with Crippen molar-refractivity contribution in [2.45, 2.75) is 91.9 Å². The first-order valence-corrected chi connectivity index (χ1v) is 9.55. The fourth-order valence-corrected chi connectivity index (χ4v) is 2.69. The molecule has 0 fully saturated rings. The number of amides is 1. The minimum atomic E-state index is 0.705. The average molecular weight is 312 g/mol. The Hall–Kier alpha value is -0.570. The molecule has 0 rings (SSSR count). The van der Waals surface area contributed by atoms with Crippen LogP contribution in [0.4, 0.5) is 0 Å². The highest BCUT2D eigenvalue weighted by Gasteiger charge is 2.14. The Kier molecular flexibility index (Phi) is 14.9. The van der Waals surface area contributed by atoms with Gasteiger partial charge in [-0.05, 0) is 31.6 Å². The van der Waals surface area contributed by atoms with Crippen molar-refractivity contribution in [2.24, 2.45) is 5.92 Å². The summed E-state index contributed by atoms with van der Waals surface area (Å²) < 4.78 is 0. The smallest absolute Gasteiger partial charge is 0.267 e. The van der Waals surface area contributed by atoms with Crippen molar-refractivity contribution in [1.82, 2.24) is 10.0 Å². The Morgan fingerprint density at radius 1 is 0.773 bits per heavy atom. The summed E-state index contributed by atoms with van der Waals surface area (Å²) in [7, 11) is 0. The molecule has 0 bridgehead atoms. The second kappa shape index (κ2) is 15.3. The van der Waals surface area contributed by atoms with Gasteiger partial charge in [0.05, 0.1) is 0 Å². The van der Waals surface area contributed by atoms with Crippen LogP contribution in [0.25, 0.3) is 0 Å². The zero-order chi connectivity index (χ0) is 16.6. The average Bonchev–Trinajstić information content (AvgIpc) is 2.50. The van der Waals surface area contributed by atoms with E-state index >= 15 is 0 Å². The van der Waals surface area contributed by atoms with Crippen molar-refractivity contribution in [2.75, 3.05) is 19.6 Å². The molecule has 0 saturated carbocycles. The second-order valence-electron chi connectivity index (χ2n) is 6.83. The molecule has 3 heteroatoms. The molecule has 0 atom stereocenters. The van der Waals surface area contributed by atoms with E-state index < -0.39 is 0 Å². The molecule has 0 aromatic rings. The fraction of sp³-hybridized carbons (Fsp3) is 0.947. The minimum Gasteiger partial charge on any atom is -0.267 e. The topological polar surface area (TPSA) is 23.6 Å². The van der Waals surface area contributed by atoms with Crippen LogP contribution in [0.1, 0.15) is 91.9 Å². The summed E-state index contributed by atoms with van der Waals surface area (Å²) in [6, 6.07) is 0. The molecule has 0 aliphatic carbocycles. The zero-order valence-electron chi connectivity index (χ0n) is 15.6. The SMILES string of the molecule is CCCCCCN(CCCCCC)N([C]=O)CCCC(C)C.